The minimum atomic E-state index is 0.414. The molecule has 5 rings (SSSR count). The number of anilines is 1. The van der Waals surface area contributed by atoms with E-state index in [4.69, 9.17) is 10.7 Å². The molecule has 3 N–H and O–H groups in total. The van der Waals surface area contributed by atoms with Crippen LogP contribution in [-0.2, 0) is 19.5 Å². The Balaban J connectivity index is 1.34. The van der Waals surface area contributed by atoms with Crippen LogP contribution in [0.25, 0.3) is 10.9 Å². The maximum Gasteiger partial charge on any atom is 0.198 e. The second kappa shape index (κ2) is 9.04. The number of benzene rings is 3. The number of guanidine groups is 1. The smallest absolute Gasteiger partial charge is 0.198 e. The number of hydrogen-bond acceptors (Lipinski definition) is 3. The third kappa shape index (κ3) is 4.59. The Hall–Kier alpha value is -3.70. The number of pyridine rings is 1. The Morgan fingerprint density at radius 1 is 1.03 bits per heavy atom. The number of aromatic nitrogens is 1. The van der Waals surface area contributed by atoms with Gasteiger partial charge in [-0.25, -0.2) is 4.99 Å². The van der Waals surface area contributed by atoms with Gasteiger partial charge < -0.3 is 11.1 Å². The van der Waals surface area contributed by atoms with Crippen molar-refractivity contribution in [2.75, 3.05) is 11.9 Å². The monoisotopic (exact) mass is 435 g/mol. The predicted octanol–water partition coefficient (Wildman–Crippen LogP) is 5.47. The molecular weight excluding hydrogens is 406 g/mol. The van der Waals surface area contributed by atoms with E-state index in [1.54, 1.807) is 0 Å². The Morgan fingerprint density at radius 3 is 2.79 bits per heavy atom. The quantitative estimate of drug-likeness (QED) is 0.330. The molecule has 0 unspecified atom stereocenters. The number of aliphatic imine (C=N–C) groups is 1. The third-order valence-corrected chi connectivity index (χ3v) is 6.47. The maximum absolute atomic E-state index is 6.26. The maximum atomic E-state index is 6.26. The van der Waals surface area contributed by atoms with Crippen LogP contribution in [0.1, 0.15) is 27.8 Å². The molecule has 0 bridgehead atoms. The summed E-state index contributed by atoms with van der Waals surface area (Å²) in [6, 6.07) is 23.1. The van der Waals surface area contributed by atoms with Crippen LogP contribution in [0.4, 0.5) is 11.4 Å². The average molecular weight is 436 g/mol. The highest BCUT2D eigenvalue weighted by Crippen LogP contribution is 2.30. The summed E-state index contributed by atoms with van der Waals surface area (Å²) in [7, 11) is 0. The molecule has 3 aromatic carbocycles. The molecule has 1 aromatic heterocycles. The molecule has 5 nitrogen and oxygen atoms in total. The molecular formula is C28H29N5. The number of aryl methyl sites for hydroxylation is 2. The molecule has 1 aliphatic heterocycles. The lowest BCUT2D eigenvalue weighted by atomic mass is 9.97. The van der Waals surface area contributed by atoms with E-state index in [1.165, 1.54) is 33.2 Å². The zero-order valence-corrected chi connectivity index (χ0v) is 19.2. The highest BCUT2D eigenvalue weighted by atomic mass is 15.1. The molecule has 0 saturated heterocycles. The van der Waals surface area contributed by atoms with E-state index in [9.17, 15) is 0 Å². The minimum Gasteiger partial charge on any atom is -0.369 e. The zero-order valence-electron chi connectivity index (χ0n) is 19.2. The molecule has 4 aromatic rings. The van der Waals surface area contributed by atoms with Gasteiger partial charge in [0.1, 0.15) is 0 Å². The van der Waals surface area contributed by atoms with Crippen LogP contribution in [0.3, 0.4) is 0 Å². The molecule has 2 heterocycles. The van der Waals surface area contributed by atoms with E-state index in [0.29, 0.717) is 5.96 Å². The van der Waals surface area contributed by atoms with Crippen LogP contribution >= 0.6 is 0 Å². The van der Waals surface area contributed by atoms with E-state index in [-0.39, 0.29) is 0 Å². The fraction of sp³-hybridized carbons (Fsp3) is 0.214. The van der Waals surface area contributed by atoms with E-state index in [0.717, 1.165) is 42.9 Å². The fourth-order valence-electron chi connectivity index (χ4n) is 4.55. The first-order chi connectivity index (χ1) is 16.1. The summed E-state index contributed by atoms with van der Waals surface area (Å²) in [6.45, 7) is 7.00. The molecule has 0 atom stereocenters. The number of fused-ring (bicyclic) bond motifs is 2. The van der Waals surface area contributed by atoms with Gasteiger partial charge >= 0.3 is 0 Å². The van der Waals surface area contributed by atoms with Gasteiger partial charge in [0.2, 0.25) is 0 Å². The minimum absolute atomic E-state index is 0.414. The first-order valence-corrected chi connectivity index (χ1v) is 11.4. The van der Waals surface area contributed by atoms with Crippen molar-refractivity contribution in [3.8, 4) is 0 Å². The Bertz CT molecular complexity index is 1340. The summed E-state index contributed by atoms with van der Waals surface area (Å²) >= 11 is 0. The van der Waals surface area contributed by atoms with E-state index in [1.807, 2.05) is 18.3 Å². The van der Waals surface area contributed by atoms with Crippen LogP contribution in [-0.4, -0.2) is 22.4 Å². The zero-order chi connectivity index (χ0) is 22.8. The standard InChI is InChI=1S/C28H29N5/c1-19-10-11-23(16-20(19)2)31-28(29)32-27-9-5-6-21-17-33(15-13-25(21)27)18-22-12-14-30-26-8-4-3-7-24(22)26/h3-12,14,16H,13,15,17-18H2,1-2H3,(H3,29,31,32). The second-order valence-corrected chi connectivity index (χ2v) is 8.78. The van der Waals surface area contributed by atoms with Gasteiger partial charge in [-0.3, -0.25) is 9.88 Å². The largest absolute Gasteiger partial charge is 0.369 e. The number of nitrogens with zero attached hydrogens (tertiary/aromatic N) is 3. The summed E-state index contributed by atoms with van der Waals surface area (Å²) in [4.78, 5) is 11.7. The van der Waals surface area contributed by atoms with Crippen molar-refractivity contribution in [3.63, 3.8) is 0 Å². The van der Waals surface area contributed by atoms with Gasteiger partial charge in [0, 0.05) is 36.9 Å². The summed E-state index contributed by atoms with van der Waals surface area (Å²) in [5.74, 6) is 0.414. The Labute approximate surface area is 195 Å². The third-order valence-electron chi connectivity index (χ3n) is 6.47. The Kier molecular flexibility index (Phi) is 5.80. The molecule has 0 saturated carbocycles. The van der Waals surface area contributed by atoms with Gasteiger partial charge in [0.25, 0.3) is 0 Å². The van der Waals surface area contributed by atoms with Gasteiger partial charge in [-0.15, -0.1) is 0 Å². The number of nitrogens with one attached hydrogen (secondary N) is 1. The lowest BCUT2D eigenvalue weighted by Crippen LogP contribution is -2.30. The van der Waals surface area contributed by atoms with Crippen molar-refractivity contribution < 1.29 is 0 Å². The van der Waals surface area contributed by atoms with Gasteiger partial charge in [-0.1, -0.05) is 36.4 Å². The first-order valence-electron chi connectivity index (χ1n) is 11.4. The lowest BCUT2D eigenvalue weighted by Gasteiger charge is -2.29. The highest BCUT2D eigenvalue weighted by molar-refractivity contribution is 5.94. The predicted molar refractivity (Wildman–Crippen MR) is 137 cm³/mol. The lowest BCUT2D eigenvalue weighted by molar-refractivity contribution is 0.246. The molecule has 0 radical (unpaired) electrons. The van der Waals surface area contributed by atoms with Gasteiger partial charge in [-0.05, 0) is 78.4 Å². The van der Waals surface area contributed by atoms with Crippen LogP contribution in [0.5, 0.6) is 0 Å². The molecule has 166 valence electrons. The SMILES string of the molecule is Cc1ccc(NC(N)=Nc2cccc3c2CCN(Cc2ccnc4ccccc24)C3)cc1C. The van der Waals surface area contributed by atoms with Crippen molar-refractivity contribution in [3.05, 3.63) is 101 Å². The van der Waals surface area contributed by atoms with Gasteiger partial charge in [0.15, 0.2) is 5.96 Å². The first kappa shape index (κ1) is 21.2. The van der Waals surface area contributed by atoms with Gasteiger partial charge in [-0.2, -0.15) is 0 Å². The van der Waals surface area contributed by atoms with Crippen LogP contribution < -0.4 is 11.1 Å². The second-order valence-electron chi connectivity index (χ2n) is 8.78. The molecule has 0 aliphatic carbocycles. The van der Waals surface area contributed by atoms with Crippen LogP contribution in [0.2, 0.25) is 0 Å². The van der Waals surface area contributed by atoms with Crippen molar-refractivity contribution in [1.82, 2.24) is 9.88 Å². The molecule has 0 fully saturated rings. The van der Waals surface area contributed by atoms with E-state index < -0.39 is 0 Å². The molecule has 0 spiro atoms. The average Bonchev–Trinajstić information content (AvgIpc) is 2.82. The van der Waals surface area contributed by atoms with Crippen molar-refractivity contribution >= 4 is 28.2 Å². The van der Waals surface area contributed by atoms with Gasteiger partial charge in [0.05, 0.1) is 11.2 Å². The van der Waals surface area contributed by atoms with Crippen molar-refractivity contribution in [2.24, 2.45) is 10.7 Å². The fourth-order valence-corrected chi connectivity index (χ4v) is 4.55. The van der Waals surface area contributed by atoms with Crippen LogP contribution in [0.15, 0.2) is 77.9 Å². The molecule has 1 aliphatic rings. The summed E-state index contributed by atoms with van der Waals surface area (Å²) < 4.78 is 0. The molecule has 33 heavy (non-hydrogen) atoms. The topological polar surface area (TPSA) is 66.5 Å². The summed E-state index contributed by atoms with van der Waals surface area (Å²) in [5.41, 5.74) is 15.6. The molecule has 0 amide bonds. The summed E-state index contributed by atoms with van der Waals surface area (Å²) in [5, 5.41) is 4.47. The number of rotatable bonds is 4. The molecule has 5 heteroatoms. The van der Waals surface area contributed by atoms with Crippen molar-refractivity contribution in [2.45, 2.75) is 33.4 Å². The van der Waals surface area contributed by atoms with E-state index in [2.05, 4.69) is 83.6 Å². The van der Waals surface area contributed by atoms with Crippen LogP contribution in [0, 0.1) is 13.8 Å². The van der Waals surface area contributed by atoms with Crippen molar-refractivity contribution in [1.29, 1.82) is 0 Å². The normalized spacial score (nSPS) is 14.3. The van der Waals surface area contributed by atoms with E-state index >= 15 is 0 Å². The number of hydrogen-bond donors (Lipinski definition) is 2. The summed E-state index contributed by atoms with van der Waals surface area (Å²) in [6.07, 6.45) is 2.86. The number of para-hydroxylation sites is 1. The Morgan fingerprint density at radius 2 is 1.91 bits per heavy atom. The highest BCUT2D eigenvalue weighted by Gasteiger charge is 2.19. The number of nitrogens with two attached hydrogens (primary N) is 1.